The van der Waals surface area contributed by atoms with Gasteiger partial charge in [-0.1, -0.05) is 0 Å². The number of H-pyrrole nitrogens is 1. The van der Waals surface area contributed by atoms with Crippen molar-refractivity contribution >= 4 is 28.9 Å². The van der Waals surface area contributed by atoms with Crippen LogP contribution in [0.3, 0.4) is 0 Å². The van der Waals surface area contributed by atoms with E-state index in [2.05, 4.69) is 15.3 Å². The van der Waals surface area contributed by atoms with Gasteiger partial charge < -0.3 is 15.0 Å². The molecule has 2 aromatic rings. The number of esters is 1. The minimum absolute atomic E-state index is 0.0706. The van der Waals surface area contributed by atoms with Crippen LogP contribution in [-0.2, 0) is 22.4 Å². The summed E-state index contributed by atoms with van der Waals surface area (Å²) in [6, 6.07) is 1.72. The monoisotopic (exact) mass is 305 g/mol. The number of hydrogen-bond acceptors (Lipinski definition) is 5. The van der Waals surface area contributed by atoms with Gasteiger partial charge in [0.1, 0.15) is 4.88 Å². The predicted octanol–water partition coefficient (Wildman–Crippen LogP) is 2.00. The molecule has 7 heteroatoms. The maximum Gasteiger partial charge on any atom is 0.350 e. The van der Waals surface area contributed by atoms with E-state index < -0.39 is 5.97 Å². The van der Waals surface area contributed by atoms with Gasteiger partial charge in [-0.15, -0.1) is 11.3 Å². The number of ether oxygens (including phenoxy) is 1. The average molecular weight is 305 g/mol. The molecule has 110 valence electrons. The van der Waals surface area contributed by atoms with E-state index in [0.29, 0.717) is 17.0 Å². The molecular formula is C14H15N3O3S. The van der Waals surface area contributed by atoms with Crippen molar-refractivity contribution in [2.45, 2.75) is 19.3 Å². The van der Waals surface area contributed by atoms with Gasteiger partial charge in [0.2, 0.25) is 5.91 Å². The van der Waals surface area contributed by atoms with Crippen molar-refractivity contribution in [1.82, 2.24) is 9.97 Å². The van der Waals surface area contributed by atoms with E-state index in [-0.39, 0.29) is 11.8 Å². The lowest BCUT2D eigenvalue weighted by Crippen LogP contribution is -2.28. The van der Waals surface area contributed by atoms with Crippen molar-refractivity contribution < 1.29 is 14.3 Å². The number of imidazole rings is 1. The molecule has 21 heavy (non-hydrogen) atoms. The maximum atomic E-state index is 12.4. The molecule has 0 bridgehead atoms. The van der Waals surface area contributed by atoms with E-state index in [1.54, 1.807) is 17.8 Å². The molecule has 2 N–H and O–H groups in total. The van der Waals surface area contributed by atoms with Crippen molar-refractivity contribution in [3.63, 3.8) is 0 Å². The Morgan fingerprint density at radius 3 is 3.19 bits per heavy atom. The van der Waals surface area contributed by atoms with Crippen molar-refractivity contribution in [3.05, 3.63) is 34.0 Å². The Morgan fingerprint density at radius 2 is 2.38 bits per heavy atom. The summed E-state index contributed by atoms with van der Waals surface area (Å²) in [5.74, 6) is -0.609. The third kappa shape index (κ3) is 2.69. The van der Waals surface area contributed by atoms with Crippen LogP contribution in [-0.4, -0.2) is 29.0 Å². The first-order valence-corrected chi connectivity index (χ1v) is 7.54. The zero-order valence-electron chi connectivity index (χ0n) is 11.5. The Hall–Kier alpha value is -2.15. The Balaban J connectivity index is 1.70. The second-order valence-corrected chi connectivity index (χ2v) is 5.83. The number of amides is 1. The Bertz CT molecular complexity index is 677. The summed E-state index contributed by atoms with van der Waals surface area (Å²) in [7, 11) is 1.33. The molecule has 0 saturated carbocycles. The quantitative estimate of drug-likeness (QED) is 0.850. The van der Waals surface area contributed by atoms with Crippen LogP contribution in [0.4, 0.5) is 5.69 Å². The number of rotatable bonds is 3. The molecule has 0 saturated heterocycles. The standard InChI is InChI=1S/C14H15N3O3S/c1-20-14(19)12-10(4-5-21-12)17-13(18)8-2-3-9-11(6-8)16-7-15-9/h4-5,7-8H,2-3,6H2,1H3,(H,15,16)(H,17,18). The highest BCUT2D eigenvalue weighted by molar-refractivity contribution is 7.12. The molecule has 0 radical (unpaired) electrons. The third-order valence-electron chi connectivity index (χ3n) is 3.65. The fourth-order valence-electron chi connectivity index (χ4n) is 2.52. The molecule has 6 nitrogen and oxygen atoms in total. The summed E-state index contributed by atoms with van der Waals surface area (Å²) in [5.41, 5.74) is 2.59. The highest BCUT2D eigenvalue weighted by Crippen LogP contribution is 2.27. The smallest absolute Gasteiger partial charge is 0.350 e. The first kappa shape index (κ1) is 13.8. The number of thiophene rings is 1. The second kappa shape index (κ2) is 5.69. The molecule has 3 rings (SSSR count). The van der Waals surface area contributed by atoms with E-state index in [9.17, 15) is 9.59 Å². The predicted molar refractivity (Wildman–Crippen MR) is 78.4 cm³/mol. The molecule has 0 aromatic carbocycles. The maximum absolute atomic E-state index is 12.4. The zero-order valence-corrected chi connectivity index (χ0v) is 12.3. The Morgan fingerprint density at radius 1 is 1.52 bits per heavy atom. The summed E-state index contributed by atoms with van der Waals surface area (Å²) in [6.07, 6.45) is 3.88. The van der Waals surface area contributed by atoms with E-state index in [1.165, 1.54) is 18.4 Å². The summed E-state index contributed by atoms with van der Waals surface area (Å²) in [5, 5.41) is 4.59. The van der Waals surface area contributed by atoms with Crippen LogP contribution in [0.2, 0.25) is 0 Å². The molecule has 1 amide bonds. The van der Waals surface area contributed by atoms with Gasteiger partial charge in [-0.25, -0.2) is 9.78 Å². The summed E-state index contributed by atoms with van der Waals surface area (Å²) >= 11 is 1.26. The largest absolute Gasteiger partial charge is 0.465 e. The van der Waals surface area contributed by atoms with E-state index in [0.717, 1.165) is 24.2 Å². The molecule has 2 aromatic heterocycles. The fraction of sp³-hybridized carbons (Fsp3) is 0.357. The first-order valence-electron chi connectivity index (χ1n) is 6.67. The number of hydrogen-bond donors (Lipinski definition) is 2. The minimum atomic E-state index is -0.431. The number of carbonyl (C=O) groups is 2. The van der Waals surface area contributed by atoms with E-state index in [1.807, 2.05) is 0 Å². The van der Waals surface area contributed by atoms with Crippen LogP contribution in [0.5, 0.6) is 0 Å². The molecular weight excluding hydrogens is 290 g/mol. The van der Waals surface area contributed by atoms with Gasteiger partial charge in [-0.2, -0.15) is 0 Å². The molecule has 1 aliphatic rings. The normalized spacial score (nSPS) is 17.1. The molecule has 1 unspecified atom stereocenters. The van der Waals surface area contributed by atoms with Crippen LogP contribution >= 0.6 is 11.3 Å². The lowest BCUT2D eigenvalue weighted by molar-refractivity contribution is -0.120. The fourth-order valence-corrected chi connectivity index (χ4v) is 3.28. The number of nitrogens with one attached hydrogen (secondary N) is 2. The Labute approximate surface area is 125 Å². The summed E-state index contributed by atoms with van der Waals surface area (Å²) < 4.78 is 4.71. The first-order chi connectivity index (χ1) is 10.2. The molecule has 1 atom stereocenters. The Kier molecular flexibility index (Phi) is 3.74. The lowest BCUT2D eigenvalue weighted by Gasteiger charge is -2.20. The van der Waals surface area contributed by atoms with Crippen LogP contribution in [0.15, 0.2) is 17.8 Å². The van der Waals surface area contributed by atoms with Crippen LogP contribution < -0.4 is 5.32 Å². The number of carbonyl (C=O) groups excluding carboxylic acids is 2. The number of fused-ring (bicyclic) bond motifs is 1. The topological polar surface area (TPSA) is 84.1 Å². The summed E-state index contributed by atoms with van der Waals surface area (Å²) in [6.45, 7) is 0. The third-order valence-corrected chi connectivity index (χ3v) is 4.55. The lowest BCUT2D eigenvalue weighted by atomic mass is 9.89. The van der Waals surface area contributed by atoms with Gasteiger partial charge in [0.05, 0.1) is 24.8 Å². The van der Waals surface area contributed by atoms with Gasteiger partial charge in [0.25, 0.3) is 0 Å². The van der Waals surface area contributed by atoms with E-state index >= 15 is 0 Å². The number of aryl methyl sites for hydroxylation is 1. The van der Waals surface area contributed by atoms with Gasteiger partial charge in [0.15, 0.2) is 0 Å². The summed E-state index contributed by atoms with van der Waals surface area (Å²) in [4.78, 5) is 31.7. The number of anilines is 1. The number of nitrogens with zero attached hydrogens (tertiary/aromatic N) is 1. The number of methoxy groups -OCH3 is 1. The van der Waals surface area contributed by atoms with Crippen molar-refractivity contribution in [3.8, 4) is 0 Å². The minimum Gasteiger partial charge on any atom is -0.465 e. The van der Waals surface area contributed by atoms with Crippen LogP contribution in [0, 0.1) is 5.92 Å². The highest BCUT2D eigenvalue weighted by Gasteiger charge is 2.27. The molecule has 0 fully saturated rings. The van der Waals surface area contributed by atoms with Gasteiger partial charge in [0, 0.05) is 18.0 Å². The van der Waals surface area contributed by atoms with Crippen molar-refractivity contribution in [2.24, 2.45) is 5.92 Å². The highest BCUT2D eigenvalue weighted by atomic mass is 32.1. The molecule has 0 spiro atoms. The van der Waals surface area contributed by atoms with Crippen molar-refractivity contribution in [1.29, 1.82) is 0 Å². The molecule has 0 aliphatic heterocycles. The van der Waals surface area contributed by atoms with E-state index in [4.69, 9.17) is 4.74 Å². The molecule has 1 aliphatic carbocycles. The SMILES string of the molecule is COC(=O)c1sccc1NC(=O)C1CCc2nc[nH]c2C1. The van der Waals surface area contributed by atoms with Gasteiger partial charge in [-0.05, 0) is 24.3 Å². The number of aromatic nitrogens is 2. The zero-order chi connectivity index (χ0) is 14.8. The van der Waals surface area contributed by atoms with Crippen LogP contribution in [0.25, 0.3) is 0 Å². The van der Waals surface area contributed by atoms with Gasteiger partial charge in [-0.3, -0.25) is 4.79 Å². The molecule has 2 heterocycles. The van der Waals surface area contributed by atoms with Gasteiger partial charge >= 0.3 is 5.97 Å². The van der Waals surface area contributed by atoms with Crippen LogP contribution in [0.1, 0.15) is 27.5 Å². The average Bonchev–Trinajstić information content (AvgIpc) is 3.14. The second-order valence-electron chi connectivity index (χ2n) is 4.91. The van der Waals surface area contributed by atoms with Crippen molar-refractivity contribution in [2.75, 3.05) is 12.4 Å². The number of aromatic amines is 1.